The van der Waals surface area contributed by atoms with Gasteiger partial charge in [0.1, 0.15) is 0 Å². The van der Waals surface area contributed by atoms with Crippen molar-refractivity contribution in [1.29, 1.82) is 0 Å². The van der Waals surface area contributed by atoms with Crippen LogP contribution in [0.3, 0.4) is 0 Å². The summed E-state index contributed by atoms with van der Waals surface area (Å²) in [5, 5.41) is 3.27. The summed E-state index contributed by atoms with van der Waals surface area (Å²) >= 11 is 6.60. The normalized spacial score (nSPS) is 15.4. The average Bonchev–Trinajstić information content (AvgIpc) is 3.14. The molecule has 0 saturated carbocycles. The molecule has 1 heteroatoms. The van der Waals surface area contributed by atoms with Gasteiger partial charge in [-0.25, -0.2) is 0 Å². The molecule has 0 heterocycles. The maximum Gasteiger partial charge on any atom is 0.0487 e. The molecule has 2 aliphatic rings. The number of fused-ring (bicyclic) bond motifs is 8. The molecule has 130 valence electrons. The Balaban J connectivity index is 1.70. The molecule has 0 unspecified atom stereocenters. The van der Waals surface area contributed by atoms with Crippen molar-refractivity contribution >= 4 is 22.4 Å². The average molecular weight is 367 g/mol. The highest BCUT2D eigenvalue weighted by molar-refractivity contribution is 6.36. The Hall–Kier alpha value is -2.57. The standard InChI is InChI=1S/C26H19Cl/c1-26(2)22-10-6-5-7-17(22)21-14-20-15(12-23(21)26)11-16-13-24(27)18-8-3-4-9-19(18)25(16)20/h3-10,12-14H,11H2,1-2H3. The minimum Gasteiger partial charge on any atom is -0.0837 e. The van der Waals surface area contributed by atoms with Crippen molar-refractivity contribution in [3.8, 4) is 22.3 Å². The quantitative estimate of drug-likeness (QED) is 0.268. The van der Waals surface area contributed by atoms with Gasteiger partial charge < -0.3 is 0 Å². The molecule has 0 aliphatic heterocycles. The third-order valence-electron chi connectivity index (χ3n) is 6.53. The van der Waals surface area contributed by atoms with Crippen LogP contribution in [0.25, 0.3) is 33.0 Å². The van der Waals surface area contributed by atoms with Crippen molar-refractivity contribution in [2.24, 2.45) is 0 Å². The first-order valence-corrected chi connectivity index (χ1v) is 9.91. The molecule has 27 heavy (non-hydrogen) atoms. The first-order valence-electron chi connectivity index (χ1n) is 9.53. The molecule has 0 saturated heterocycles. The van der Waals surface area contributed by atoms with E-state index in [2.05, 4.69) is 80.6 Å². The predicted molar refractivity (Wildman–Crippen MR) is 115 cm³/mol. The fraction of sp³-hybridized carbons (Fsp3) is 0.154. The molecule has 0 radical (unpaired) electrons. The minimum absolute atomic E-state index is 0.0510. The Morgan fingerprint density at radius 3 is 2.30 bits per heavy atom. The fourth-order valence-electron chi connectivity index (χ4n) is 5.22. The lowest BCUT2D eigenvalue weighted by Crippen LogP contribution is -2.15. The molecule has 2 aliphatic carbocycles. The van der Waals surface area contributed by atoms with Crippen LogP contribution in [0.1, 0.15) is 36.1 Å². The third kappa shape index (κ3) is 1.89. The zero-order chi connectivity index (χ0) is 18.3. The van der Waals surface area contributed by atoms with Crippen molar-refractivity contribution in [3.63, 3.8) is 0 Å². The second-order valence-corrected chi connectivity index (χ2v) is 8.75. The van der Waals surface area contributed by atoms with E-state index < -0.39 is 0 Å². The van der Waals surface area contributed by atoms with E-state index in [1.54, 1.807) is 0 Å². The largest absolute Gasteiger partial charge is 0.0837 e. The molecule has 0 aromatic heterocycles. The topological polar surface area (TPSA) is 0 Å². The van der Waals surface area contributed by atoms with Gasteiger partial charge in [0.05, 0.1) is 0 Å². The van der Waals surface area contributed by atoms with Crippen LogP contribution in [0.15, 0.2) is 66.7 Å². The smallest absolute Gasteiger partial charge is 0.0487 e. The molecule has 0 atom stereocenters. The Bertz CT molecular complexity index is 1280. The molecule has 0 amide bonds. The molecule has 0 nitrogen and oxygen atoms in total. The number of hydrogen-bond donors (Lipinski definition) is 0. The van der Waals surface area contributed by atoms with E-state index in [0.717, 1.165) is 16.8 Å². The maximum atomic E-state index is 6.60. The molecule has 4 aromatic carbocycles. The van der Waals surface area contributed by atoms with Gasteiger partial charge in [-0.15, -0.1) is 0 Å². The first kappa shape index (κ1) is 15.5. The lowest BCUT2D eigenvalue weighted by molar-refractivity contribution is 0.659. The summed E-state index contributed by atoms with van der Waals surface area (Å²) in [7, 11) is 0. The summed E-state index contributed by atoms with van der Waals surface area (Å²) < 4.78 is 0. The van der Waals surface area contributed by atoms with E-state index in [-0.39, 0.29) is 5.41 Å². The molecule has 0 bridgehead atoms. The van der Waals surface area contributed by atoms with Crippen LogP contribution in [-0.2, 0) is 11.8 Å². The monoisotopic (exact) mass is 366 g/mol. The summed E-state index contributed by atoms with van der Waals surface area (Å²) in [4.78, 5) is 0. The van der Waals surface area contributed by atoms with Gasteiger partial charge >= 0.3 is 0 Å². The zero-order valence-corrected chi connectivity index (χ0v) is 16.2. The summed E-state index contributed by atoms with van der Waals surface area (Å²) in [6.07, 6.45) is 0.967. The second-order valence-electron chi connectivity index (χ2n) is 8.34. The van der Waals surface area contributed by atoms with Gasteiger partial charge in [-0.1, -0.05) is 80.0 Å². The number of halogens is 1. The van der Waals surface area contributed by atoms with Crippen LogP contribution in [0.5, 0.6) is 0 Å². The summed E-state index contributed by atoms with van der Waals surface area (Å²) in [5.74, 6) is 0. The molecule has 0 spiro atoms. The van der Waals surface area contributed by atoms with E-state index in [1.165, 1.54) is 49.9 Å². The molecular formula is C26H19Cl. The molecule has 0 N–H and O–H groups in total. The van der Waals surface area contributed by atoms with Crippen LogP contribution in [0, 0.1) is 0 Å². The van der Waals surface area contributed by atoms with Gasteiger partial charge in [0.2, 0.25) is 0 Å². The predicted octanol–water partition coefficient (Wildman–Crippen LogP) is 7.37. The Morgan fingerprint density at radius 2 is 1.44 bits per heavy atom. The highest BCUT2D eigenvalue weighted by Gasteiger charge is 2.37. The van der Waals surface area contributed by atoms with Crippen LogP contribution >= 0.6 is 11.6 Å². The van der Waals surface area contributed by atoms with Crippen LogP contribution < -0.4 is 0 Å². The van der Waals surface area contributed by atoms with Gasteiger partial charge in [-0.2, -0.15) is 0 Å². The Kier molecular flexibility index (Phi) is 2.88. The first-order chi connectivity index (χ1) is 13.1. The van der Waals surface area contributed by atoms with Gasteiger partial charge in [0.25, 0.3) is 0 Å². The number of benzene rings is 4. The number of hydrogen-bond acceptors (Lipinski definition) is 0. The van der Waals surface area contributed by atoms with E-state index in [0.29, 0.717) is 0 Å². The minimum atomic E-state index is 0.0510. The van der Waals surface area contributed by atoms with Gasteiger partial charge in [0.15, 0.2) is 0 Å². The summed E-state index contributed by atoms with van der Waals surface area (Å²) in [6, 6.07) is 24.4. The van der Waals surface area contributed by atoms with Crippen molar-refractivity contribution in [1.82, 2.24) is 0 Å². The lowest BCUT2D eigenvalue weighted by atomic mass is 9.81. The Morgan fingerprint density at radius 1 is 0.704 bits per heavy atom. The van der Waals surface area contributed by atoms with Crippen molar-refractivity contribution in [2.45, 2.75) is 25.7 Å². The molecular weight excluding hydrogens is 348 g/mol. The molecule has 6 rings (SSSR count). The third-order valence-corrected chi connectivity index (χ3v) is 6.85. The van der Waals surface area contributed by atoms with Crippen molar-refractivity contribution in [2.75, 3.05) is 0 Å². The van der Waals surface area contributed by atoms with Gasteiger partial charge in [-0.3, -0.25) is 0 Å². The highest BCUT2D eigenvalue weighted by atomic mass is 35.5. The molecule has 0 fully saturated rings. The van der Waals surface area contributed by atoms with Gasteiger partial charge in [0, 0.05) is 15.8 Å². The zero-order valence-electron chi connectivity index (χ0n) is 15.4. The van der Waals surface area contributed by atoms with E-state index >= 15 is 0 Å². The van der Waals surface area contributed by atoms with Gasteiger partial charge in [-0.05, 0) is 68.4 Å². The summed E-state index contributed by atoms with van der Waals surface area (Å²) in [6.45, 7) is 4.69. The lowest BCUT2D eigenvalue weighted by Gasteiger charge is -2.22. The van der Waals surface area contributed by atoms with Crippen molar-refractivity contribution < 1.29 is 0 Å². The fourth-order valence-corrected chi connectivity index (χ4v) is 5.52. The SMILES string of the molecule is CC1(C)c2ccccc2-c2cc3c(cc21)Cc1cc(Cl)c2ccccc2c1-3. The van der Waals surface area contributed by atoms with E-state index in [9.17, 15) is 0 Å². The van der Waals surface area contributed by atoms with E-state index in [1.807, 2.05) is 0 Å². The van der Waals surface area contributed by atoms with Crippen molar-refractivity contribution in [3.05, 3.63) is 94.0 Å². The van der Waals surface area contributed by atoms with Crippen LogP contribution in [-0.4, -0.2) is 0 Å². The summed E-state index contributed by atoms with van der Waals surface area (Å²) in [5.41, 5.74) is 11.2. The van der Waals surface area contributed by atoms with E-state index in [4.69, 9.17) is 11.6 Å². The van der Waals surface area contributed by atoms with Crippen LogP contribution in [0.4, 0.5) is 0 Å². The Labute approximate surface area is 164 Å². The highest BCUT2D eigenvalue weighted by Crippen LogP contribution is 2.53. The maximum absolute atomic E-state index is 6.60. The number of rotatable bonds is 0. The van der Waals surface area contributed by atoms with Crippen LogP contribution in [0.2, 0.25) is 5.02 Å². The second kappa shape index (κ2) is 5.03. The molecule has 4 aromatic rings.